The van der Waals surface area contributed by atoms with E-state index in [4.69, 9.17) is 20.8 Å². The van der Waals surface area contributed by atoms with E-state index in [1.54, 1.807) is 13.0 Å². The average Bonchev–Trinajstić information content (AvgIpc) is 2.35. The lowest BCUT2D eigenvalue weighted by Gasteiger charge is -2.15. The summed E-state index contributed by atoms with van der Waals surface area (Å²) in [4.78, 5) is 0. The standard InChI is InChI=1S/C13H18N2O2/c1-13(15,10-14)6-3-7-17-12-5-2-4-11(8-12)9-16/h2,4-5,8,16H,3,6-7,9,15H2,1H3. The van der Waals surface area contributed by atoms with Gasteiger partial charge in [-0.2, -0.15) is 5.26 Å². The highest BCUT2D eigenvalue weighted by atomic mass is 16.5. The molecule has 0 aromatic heterocycles. The van der Waals surface area contributed by atoms with Gasteiger partial charge in [-0.25, -0.2) is 0 Å². The summed E-state index contributed by atoms with van der Waals surface area (Å²) in [6.45, 7) is 2.23. The molecule has 0 saturated heterocycles. The highest BCUT2D eigenvalue weighted by Crippen LogP contribution is 2.14. The van der Waals surface area contributed by atoms with Crippen molar-refractivity contribution in [3.63, 3.8) is 0 Å². The van der Waals surface area contributed by atoms with E-state index in [1.807, 2.05) is 24.3 Å². The third kappa shape index (κ3) is 4.85. The normalized spacial score (nSPS) is 13.8. The molecule has 1 unspecified atom stereocenters. The Morgan fingerprint density at radius 3 is 2.94 bits per heavy atom. The molecule has 4 heteroatoms. The molecule has 1 aromatic carbocycles. The van der Waals surface area contributed by atoms with Crippen LogP contribution in [0, 0.1) is 11.3 Å². The molecular weight excluding hydrogens is 216 g/mol. The van der Waals surface area contributed by atoms with Gasteiger partial charge in [0, 0.05) is 0 Å². The minimum absolute atomic E-state index is 0.00645. The first kappa shape index (κ1) is 13.5. The highest BCUT2D eigenvalue weighted by Gasteiger charge is 2.16. The van der Waals surface area contributed by atoms with Crippen molar-refractivity contribution >= 4 is 0 Å². The van der Waals surface area contributed by atoms with Gasteiger partial charge in [-0.3, -0.25) is 0 Å². The first-order chi connectivity index (χ1) is 8.07. The van der Waals surface area contributed by atoms with E-state index in [0.717, 1.165) is 17.7 Å². The summed E-state index contributed by atoms with van der Waals surface area (Å²) in [6, 6.07) is 9.35. The number of rotatable bonds is 6. The number of nitriles is 1. The van der Waals surface area contributed by atoms with Crippen LogP contribution in [0.15, 0.2) is 24.3 Å². The summed E-state index contributed by atoms with van der Waals surface area (Å²) < 4.78 is 5.51. The van der Waals surface area contributed by atoms with Gasteiger partial charge in [0.05, 0.1) is 19.3 Å². The molecule has 0 radical (unpaired) electrons. The van der Waals surface area contributed by atoms with Crippen molar-refractivity contribution in [3.8, 4) is 11.8 Å². The van der Waals surface area contributed by atoms with Crippen LogP contribution in [-0.2, 0) is 6.61 Å². The van der Waals surface area contributed by atoms with E-state index in [2.05, 4.69) is 0 Å². The van der Waals surface area contributed by atoms with Crippen molar-refractivity contribution in [2.45, 2.75) is 31.9 Å². The second kappa shape index (κ2) is 6.24. The molecule has 0 spiro atoms. The average molecular weight is 234 g/mol. The van der Waals surface area contributed by atoms with Crippen LogP contribution in [0.5, 0.6) is 5.75 Å². The Kier molecular flexibility index (Phi) is 4.95. The summed E-state index contributed by atoms with van der Waals surface area (Å²) in [5.41, 5.74) is 5.73. The summed E-state index contributed by atoms with van der Waals surface area (Å²) >= 11 is 0. The van der Waals surface area contributed by atoms with Crippen molar-refractivity contribution in [2.75, 3.05) is 6.61 Å². The summed E-state index contributed by atoms with van der Waals surface area (Å²) in [6.07, 6.45) is 1.33. The van der Waals surface area contributed by atoms with Gasteiger partial charge in [0.15, 0.2) is 0 Å². The first-order valence-corrected chi connectivity index (χ1v) is 5.60. The van der Waals surface area contributed by atoms with Crippen molar-refractivity contribution in [1.29, 1.82) is 5.26 Å². The molecule has 0 saturated carbocycles. The monoisotopic (exact) mass is 234 g/mol. The lowest BCUT2D eigenvalue weighted by atomic mass is 10.00. The Morgan fingerprint density at radius 2 is 2.29 bits per heavy atom. The van der Waals surface area contributed by atoms with Gasteiger partial charge in [0.2, 0.25) is 0 Å². The van der Waals surface area contributed by atoms with Crippen molar-refractivity contribution in [2.24, 2.45) is 5.73 Å². The maximum absolute atomic E-state index is 8.96. The van der Waals surface area contributed by atoms with Crippen molar-refractivity contribution in [1.82, 2.24) is 0 Å². The van der Waals surface area contributed by atoms with E-state index in [0.29, 0.717) is 13.0 Å². The molecule has 0 aliphatic carbocycles. The molecule has 3 N–H and O–H groups in total. The predicted octanol–water partition coefficient (Wildman–Crippen LogP) is 1.58. The van der Waals surface area contributed by atoms with E-state index >= 15 is 0 Å². The summed E-state index contributed by atoms with van der Waals surface area (Å²) in [5, 5.41) is 17.7. The lowest BCUT2D eigenvalue weighted by Crippen LogP contribution is -2.34. The van der Waals surface area contributed by atoms with E-state index in [9.17, 15) is 0 Å². The molecule has 1 rings (SSSR count). The fourth-order valence-electron chi connectivity index (χ4n) is 1.42. The smallest absolute Gasteiger partial charge is 0.119 e. The van der Waals surface area contributed by atoms with Crippen LogP contribution < -0.4 is 10.5 Å². The minimum Gasteiger partial charge on any atom is -0.494 e. The molecule has 0 fully saturated rings. The molecule has 1 aromatic rings. The van der Waals surface area contributed by atoms with Crippen LogP contribution in [0.4, 0.5) is 0 Å². The van der Waals surface area contributed by atoms with Gasteiger partial charge in [0.25, 0.3) is 0 Å². The zero-order valence-electron chi connectivity index (χ0n) is 10.0. The Hall–Kier alpha value is -1.57. The molecule has 0 heterocycles. The van der Waals surface area contributed by atoms with Gasteiger partial charge in [-0.15, -0.1) is 0 Å². The van der Waals surface area contributed by atoms with Crippen LogP contribution >= 0.6 is 0 Å². The van der Waals surface area contributed by atoms with Gasteiger partial charge >= 0.3 is 0 Å². The Bertz CT molecular complexity index is 397. The number of ether oxygens (including phenoxy) is 1. The third-order valence-corrected chi connectivity index (χ3v) is 2.45. The number of aliphatic hydroxyl groups excluding tert-OH is 1. The number of nitrogens with two attached hydrogens (primary N) is 1. The second-order valence-electron chi connectivity index (χ2n) is 4.29. The molecule has 17 heavy (non-hydrogen) atoms. The van der Waals surface area contributed by atoms with Crippen LogP contribution in [0.25, 0.3) is 0 Å². The molecule has 0 aliphatic heterocycles. The number of hydrogen-bond donors (Lipinski definition) is 2. The second-order valence-corrected chi connectivity index (χ2v) is 4.29. The largest absolute Gasteiger partial charge is 0.494 e. The molecular formula is C13H18N2O2. The molecule has 0 bridgehead atoms. The van der Waals surface area contributed by atoms with E-state index in [1.165, 1.54) is 0 Å². The van der Waals surface area contributed by atoms with Crippen molar-refractivity contribution < 1.29 is 9.84 Å². The van der Waals surface area contributed by atoms with Crippen molar-refractivity contribution in [3.05, 3.63) is 29.8 Å². The quantitative estimate of drug-likeness (QED) is 0.732. The maximum atomic E-state index is 8.96. The van der Waals surface area contributed by atoms with E-state index in [-0.39, 0.29) is 6.61 Å². The molecule has 4 nitrogen and oxygen atoms in total. The fraction of sp³-hybridized carbons (Fsp3) is 0.462. The zero-order chi connectivity index (χ0) is 12.7. The highest BCUT2D eigenvalue weighted by molar-refractivity contribution is 5.27. The lowest BCUT2D eigenvalue weighted by molar-refractivity contribution is 0.277. The number of hydrogen-bond acceptors (Lipinski definition) is 4. The molecule has 0 aliphatic rings. The Balaban J connectivity index is 2.34. The number of benzene rings is 1. The fourth-order valence-corrected chi connectivity index (χ4v) is 1.42. The van der Waals surface area contributed by atoms with E-state index < -0.39 is 5.54 Å². The summed E-state index contributed by atoms with van der Waals surface area (Å²) in [5.74, 6) is 0.729. The van der Waals surface area contributed by atoms with Crippen LogP contribution in [0.3, 0.4) is 0 Å². The van der Waals surface area contributed by atoms with Gasteiger partial charge in [0.1, 0.15) is 11.3 Å². The Morgan fingerprint density at radius 1 is 1.53 bits per heavy atom. The van der Waals surface area contributed by atoms with Crippen LogP contribution in [0.2, 0.25) is 0 Å². The van der Waals surface area contributed by atoms with Crippen LogP contribution in [0.1, 0.15) is 25.3 Å². The third-order valence-electron chi connectivity index (χ3n) is 2.45. The van der Waals surface area contributed by atoms with Gasteiger partial charge in [-0.05, 0) is 37.5 Å². The molecule has 0 amide bonds. The molecule has 92 valence electrons. The van der Waals surface area contributed by atoms with Gasteiger partial charge < -0.3 is 15.6 Å². The maximum Gasteiger partial charge on any atom is 0.119 e. The number of aliphatic hydroxyl groups is 1. The molecule has 1 atom stereocenters. The topological polar surface area (TPSA) is 79.3 Å². The van der Waals surface area contributed by atoms with Gasteiger partial charge in [-0.1, -0.05) is 12.1 Å². The number of nitrogens with zero attached hydrogens (tertiary/aromatic N) is 1. The summed E-state index contributed by atoms with van der Waals surface area (Å²) in [7, 11) is 0. The predicted molar refractivity (Wildman–Crippen MR) is 65.3 cm³/mol. The zero-order valence-corrected chi connectivity index (χ0v) is 10.0. The first-order valence-electron chi connectivity index (χ1n) is 5.60. The SMILES string of the molecule is CC(N)(C#N)CCCOc1cccc(CO)c1. The van der Waals surface area contributed by atoms with Crippen LogP contribution in [-0.4, -0.2) is 17.3 Å². The minimum atomic E-state index is -0.781. The Labute approximate surface area is 102 Å².